The number of pyridine rings is 1. The molecule has 39 heavy (non-hydrogen) atoms. The molecule has 0 fully saturated rings. The molecule has 2 aromatic heterocycles. The van der Waals surface area contributed by atoms with Crippen molar-refractivity contribution in [2.75, 3.05) is 0 Å². The molecule has 182 valence electrons. The molecular formula is C37H24N2. The molecule has 0 saturated heterocycles. The van der Waals surface area contributed by atoms with Gasteiger partial charge in [0.05, 0.1) is 11.9 Å². The molecule has 2 aliphatic rings. The van der Waals surface area contributed by atoms with Gasteiger partial charge in [-0.2, -0.15) is 0 Å². The summed E-state index contributed by atoms with van der Waals surface area (Å²) in [4.78, 5) is 4.78. The van der Waals surface area contributed by atoms with Crippen molar-refractivity contribution >= 4 is 50.1 Å². The van der Waals surface area contributed by atoms with Crippen LogP contribution in [0.2, 0.25) is 0 Å². The van der Waals surface area contributed by atoms with Crippen molar-refractivity contribution in [3.05, 3.63) is 132 Å². The predicted octanol–water partition coefficient (Wildman–Crippen LogP) is 9.27. The summed E-state index contributed by atoms with van der Waals surface area (Å²) in [5.74, 6) is 0. The molecule has 0 atom stereocenters. The summed E-state index contributed by atoms with van der Waals surface area (Å²) in [6.07, 6.45) is 15.4. The summed E-state index contributed by atoms with van der Waals surface area (Å²) >= 11 is 0. The van der Waals surface area contributed by atoms with Crippen LogP contribution in [0.3, 0.4) is 0 Å². The third kappa shape index (κ3) is 2.94. The largest absolute Gasteiger partial charge is 0.299 e. The van der Waals surface area contributed by atoms with E-state index in [0.717, 1.165) is 24.2 Å². The maximum atomic E-state index is 4.78. The van der Waals surface area contributed by atoms with Crippen molar-refractivity contribution in [1.29, 1.82) is 0 Å². The molecule has 0 N–H and O–H groups in total. The van der Waals surface area contributed by atoms with E-state index in [-0.39, 0.29) is 0 Å². The zero-order valence-corrected chi connectivity index (χ0v) is 21.4. The van der Waals surface area contributed by atoms with Gasteiger partial charge >= 0.3 is 0 Å². The molecule has 2 nitrogen and oxygen atoms in total. The number of rotatable bonds is 2. The van der Waals surface area contributed by atoms with Crippen LogP contribution < -0.4 is 0 Å². The molecule has 0 saturated carbocycles. The predicted molar refractivity (Wildman–Crippen MR) is 164 cm³/mol. The highest BCUT2D eigenvalue weighted by Crippen LogP contribution is 2.43. The number of imidazole rings is 1. The summed E-state index contributed by atoms with van der Waals surface area (Å²) in [6.45, 7) is 0. The van der Waals surface area contributed by atoms with Gasteiger partial charge in [-0.25, -0.2) is 4.98 Å². The summed E-state index contributed by atoms with van der Waals surface area (Å²) in [5, 5.41) is 8.01. The highest BCUT2D eigenvalue weighted by atomic mass is 15.0. The van der Waals surface area contributed by atoms with Crippen molar-refractivity contribution in [2.45, 2.75) is 12.8 Å². The van der Waals surface area contributed by atoms with Crippen LogP contribution in [-0.2, 0) is 12.8 Å². The van der Waals surface area contributed by atoms with Gasteiger partial charge in [0.25, 0.3) is 0 Å². The van der Waals surface area contributed by atoms with Gasteiger partial charge in [0.2, 0.25) is 0 Å². The highest BCUT2D eigenvalue weighted by Gasteiger charge is 2.21. The third-order valence-corrected chi connectivity index (χ3v) is 8.68. The summed E-state index contributed by atoms with van der Waals surface area (Å²) in [7, 11) is 0. The lowest BCUT2D eigenvalue weighted by atomic mass is 9.80. The second kappa shape index (κ2) is 7.78. The minimum Gasteiger partial charge on any atom is -0.299 e. The van der Waals surface area contributed by atoms with Gasteiger partial charge in [0.15, 0.2) is 0 Å². The first-order valence-electron chi connectivity index (χ1n) is 13.7. The Hall–Kier alpha value is -4.95. The van der Waals surface area contributed by atoms with Gasteiger partial charge in [0, 0.05) is 17.1 Å². The summed E-state index contributed by atoms with van der Waals surface area (Å²) in [5.41, 5.74) is 11.5. The van der Waals surface area contributed by atoms with Crippen molar-refractivity contribution < 1.29 is 0 Å². The molecule has 7 aromatic rings. The average molecular weight is 497 g/mol. The Morgan fingerprint density at radius 2 is 1.33 bits per heavy atom. The second-order valence-electron chi connectivity index (χ2n) is 10.7. The number of benzene rings is 5. The van der Waals surface area contributed by atoms with E-state index in [9.17, 15) is 0 Å². The van der Waals surface area contributed by atoms with E-state index in [4.69, 9.17) is 4.98 Å². The maximum absolute atomic E-state index is 4.78. The van der Waals surface area contributed by atoms with Gasteiger partial charge in [-0.1, -0.05) is 91.0 Å². The zero-order chi connectivity index (χ0) is 25.5. The van der Waals surface area contributed by atoms with Crippen molar-refractivity contribution in [3.8, 4) is 22.4 Å². The molecule has 2 aliphatic carbocycles. The van der Waals surface area contributed by atoms with Gasteiger partial charge in [0.1, 0.15) is 5.65 Å². The number of hydrogen-bond donors (Lipinski definition) is 0. The lowest BCUT2D eigenvalue weighted by molar-refractivity contribution is 1.18. The number of aromatic nitrogens is 2. The van der Waals surface area contributed by atoms with Crippen LogP contribution in [0.15, 0.2) is 109 Å². The maximum Gasteiger partial charge on any atom is 0.145 e. The first-order chi connectivity index (χ1) is 19.3. The average Bonchev–Trinajstić information content (AvgIpc) is 3.44. The molecule has 0 amide bonds. The molecule has 9 rings (SSSR count). The van der Waals surface area contributed by atoms with Crippen LogP contribution >= 0.6 is 0 Å². The smallest absolute Gasteiger partial charge is 0.145 e. The van der Waals surface area contributed by atoms with Crippen LogP contribution in [0.25, 0.3) is 72.5 Å². The van der Waals surface area contributed by atoms with E-state index in [1.807, 2.05) is 6.20 Å². The van der Waals surface area contributed by atoms with E-state index >= 15 is 0 Å². The molecule has 0 spiro atoms. The molecule has 2 heteroatoms. The fraction of sp³-hybridized carbons (Fsp3) is 0.0541. The number of allylic oxidation sites excluding steroid dienone is 2. The Morgan fingerprint density at radius 1 is 0.590 bits per heavy atom. The molecule has 0 bridgehead atoms. The van der Waals surface area contributed by atoms with Gasteiger partial charge < -0.3 is 0 Å². The molecular weight excluding hydrogens is 472 g/mol. The van der Waals surface area contributed by atoms with Crippen LogP contribution in [0, 0.1) is 0 Å². The molecule has 2 heterocycles. The number of nitrogens with zero attached hydrogens (tertiary/aromatic N) is 2. The fourth-order valence-electron chi connectivity index (χ4n) is 6.90. The van der Waals surface area contributed by atoms with Crippen molar-refractivity contribution in [1.82, 2.24) is 9.38 Å². The Labute approximate surface area is 226 Å². The third-order valence-electron chi connectivity index (χ3n) is 8.68. The van der Waals surface area contributed by atoms with Crippen LogP contribution in [0.1, 0.15) is 22.3 Å². The van der Waals surface area contributed by atoms with Crippen LogP contribution in [-0.4, -0.2) is 9.38 Å². The topological polar surface area (TPSA) is 17.3 Å². The van der Waals surface area contributed by atoms with E-state index in [1.54, 1.807) is 0 Å². The Balaban J connectivity index is 1.21. The lowest BCUT2D eigenvalue weighted by Crippen LogP contribution is -2.04. The second-order valence-corrected chi connectivity index (χ2v) is 10.7. The molecule has 0 radical (unpaired) electrons. The summed E-state index contributed by atoms with van der Waals surface area (Å²) < 4.78 is 2.20. The number of hydrogen-bond acceptors (Lipinski definition) is 1. The monoisotopic (exact) mass is 496 g/mol. The van der Waals surface area contributed by atoms with E-state index < -0.39 is 0 Å². The Bertz CT molecular complexity index is 2210. The lowest BCUT2D eigenvalue weighted by Gasteiger charge is -2.24. The minimum atomic E-state index is 0.997. The van der Waals surface area contributed by atoms with Crippen molar-refractivity contribution in [2.24, 2.45) is 0 Å². The Morgan fingerprint density at radius 3 is 2.21 bits per heavy atom. The molecule has 5 aromatic carbocycles. The zero-order valence-electron chi connectivity index (χ0n) is 21.4. The van der Waals surface area contributed by atoms with E-state index in [0.29, 0.717) is 0 Å². The molecule has 0 unspecified atom stereocenters. The molecule has 0 aliphatic heterocycles. The van der Waals surface area contributed by atoms with E-state index in [1.165, 1.54) is 71.3 Å². The quantitative estimate of drug-likeness (QED) is 0.218. The SMILES string of the molecule is C1=Cc2cccc3c2c(c2c4c(cc(-c5ccc(-c6cnc7c8ccccc8ccn67)cc5)cc43)C=CC2)C1. The van der Waals surface area contributed by atoms with Gasteiger partial charge in [-0.05, 0) is 91.4 Å². The van der Waals surface area contributed by atoms with Crippen LogP contribution in [0.4, 0.5) is 0 Å². The Kier molecular flexibility index (Phi) is 4.20. The van der Waals surface area contributed by atoms with Crippen molar-refractivity contribution in [3.63, 3.8) is 0 Å². The summed E-state index contributed by atoms with van der Waals surface area (Å²) in [6, 6.07) is 31.1. The normalized spacial score (nSPS) is 13.7. The highest BCUT2D eigenvalue weighted by molar-refractivity contribution is 6.17. The van der Waals surface area contributed by atoms with Gasteiger partial charge in [-0.3, -0.25) is 4.40 Å². The van der Waals surface area contributed by atoms with Gasteiger partial charge in [-0.15, -0.1) is 0 Å². The minimum absolute atomic E-state index is 0.997. The number of fused-ring (bicyclic) bond motifs is 5. The first kappa shape index (κ1) is 21.0. The first-order valence-corrected chi connectivity index (χ1v) is 13.7. The standard InChI is InChI=1S/C37H24N2/c1-2-10-29-24(6-1)18-19-39-34(22-38-37(29)39)25-16-14-23(15-17-25)28-20-27-9-5-12-31-30-11-3-7-26-8-4-13-32(35(26)30)33(21-28)36(27)31/h1-10,13-22H,11-12H2. The van der Waals surface area contributed by atoms with E-state index in [2.05, 4.69) is 120 Å². The van der Waals surface area contributed by atoms with Crippen LogP contribution in [0.5, 0.6) is 0 Å². The fourth-order valence-corrected chi connectivity index (χ4v) is 6.90.